The van der Waals surface area contributed by atoms with E-state index in [0.717, 1.165) is 52.8 Å². The quantitative estimate of drug-likeness (QED) is 0.0897. The van der Waals surface area contributed by atoms with Crippen molar-refractivity contribution in [2.24, 2.45) is 9.98 Å². The number of anilines is 1. The lowest BCUT2D eigenvalue weighted by atomic mass is 9.94. The van der Waals surface area contributed by atoms with Gasteiger partial charge in [-0.1, -0.05) is 54.6 Å². The third kappa shape index (κ3) is 7.40. The molecule has 0 bridgehead atoms. The van der Waals surface area contributed by atoms with Crippen molar-refractivity contribution in [2.45, 2.75) is 65.1 Å². The van der Waals surface area contributed by atoms with E-state index in [0.29, 0.717) is 47.3 Å². The molecule has 0 spiro atoms. The van der Waals surface area contributed by atoms with E-state index in [9.17, 15) is 9.59 Å². The van der Waals surface area contributed by atoms with Gasteiger partial charge >= 0.3 is 0 Å². The third-order valence-electron chi connectivity index (χ3n) is 10.7. The van der Waals surface area contributed by atoms with Gasteiger partial charge in [-0.15, -0.1) is 0 Å². The second-order valence-electron chi connectivity index (χ2n) is 14.4. The molecular formula is C45H43N5O5. The highest BCUT2D eigenvalue weighted by molar-refractivity contribution is 6.03. The minimum absolute atomic E-state index is 0.0833. The van der Waals surface area contributed by atoms with Gasteiger partial charge in [0.25, 0.3) is 5.91 Å². The molecule has 8 rings (SSSR count). The van der Waals surface area contributed by atoms with Gasteiger partial charge in [0.15, 0.2) is 11.5 Å². The molecular weight excluding hydrogens is 691 g/mol. The van der Waals surface area contributed by atoms with Crippen LogP contribution in [0.4, 0.5) is 17.1 Å². The number of benzene rings is 5. The number of amides is 2. The lowest BCUT2D eigenvalue weighted by Crippen LogP contribution is -2.44. The third-order valence-corrected chi connectivity index (χ3v) is 10.7. The summed E-state index contributed by atoms with van der Waals surface area (Å²) in [5.74, 6) is 1.56. The number of nitrogens with two attached hydrogens (primary N) is 1. The molecule has 3 heterocycles. The van der Waals surface area contributed by atoms with Crippen molar-refractivity contribution < 1.29 is 23.8 Å². The van der Waals surface area contributed by atoms with E-state index < -0.39 is 0 Å². The van der Waals surface area contributed by atoms with Crippen LogP contribution in [0.3, 0.4) is 0 Å². The highest BCUT2D eigenvalue weighted by Crippen LogP contribution is 2.39. The Morgan fingerprint density at radius 3 is 2.18 bits per heavy atom. The summed E-state index contributed by atoms with van der Waals surface area (Å²) in [6.45, 7) is 5.62. The van der Waals surface area contributed by atoms with Gasteiger partial charge in [-0.2, -0.15) is 0 Å². The molecule has 2 unspecified atom stereocenters. The van der Waals surface area contributed by atoms with Crippen molar-refractivity contribution in [1.29, 1.82) is 0 Å². The normalized spacial score (nSPS) is 17.2. The maximum Gasteiger partial charge on any atom is 0.257 e. The summed E-state index contributed by atoms with van der Waals surface area (Å²) in [5, 5.41) is 0. The number of carbonyl (C=O) groups excluding carboxylic acids is 2. The fourth-order valence-electron chi connectivity index (χ4n) is 7.71. The van der Waals surface area contributed by atoms with E-state index in [4.69, 9.17) is 29.9 Å². The maximum atomic E-state index is 13.8. The average molecular weight is 734 g/mol. The number of hydrogen-bond acceptors (Lipinski definition) is 8. The Balaban J connectivity index is 0.955. The Morgan fingerprint density at radius 1 is 0.800 bits per heavy atom. The van der Waals surface area contributed by atoms with Crippen molar-refractivity contribution in [3.8, 4) is 17.2 Å². The summed E-state index contributed by atoms with van der Waals surface area (Å²) in [6.07, 6.45) is 6.07. The molecule has 2 atom stereocenters. The van der Waals surface area contributed by atoms with Crippen LogP contribution in [0.1, 0.15) is 54.9 Å². The summed E-state index contributed by atoms with van der Waals surface area (Å²) in [4.78, 5) is 39.0. The van der Waals surface area contributed by atoms with E-state index in [2.05, 4.69) is 30.3 Å². The Morgan fingerprint density at radius 2 is 1.47 bits per heavy atom. The van der Waals surface area contributed by atoms with E-state index in [-0.39, 0.29) is 31.2 Å². The fraction of sp³-hybridized carbons (Fsp3) is 0.244. The van der Waals surface area contributed by atoms with Crippen LogP contribution >= 0.6 is 0 Å². The maximum absolute atomic E-state index is 13.8. The zero-order valence-electron chi connectivity index (χ0n) is 31.2. The van der Waals surface area contributed by atoms with Crippen molar-refractivity contribution in [3.63, 3.8) is 0 Å². The van der Waals surface area contributed by atoms with Gasteiger partial charge in [0.2, 0.25) is 6.41 Å². The van der Waals surface area contributed by atoms with Gasteiger partial charge in [0, 0.05) is 43.3 Å². The summed E-state index contributed by atoms with van der Waals surface area (Å²) >= 11 is 0. The smallest absolute Gasteiger partial charge is 0.257 e. The molecule has 0 aromatic heterocycles. The molecule has 55 heavy (non-hydrogen) atoms. The predicted molar refractivity (Wildman–Crippen MR) is 214 cm³/mol. The number of hydrogen-bond donors (Lipinski definition) is 1. The van der Waals surface area contributed by atoms with Crippen LogP contribution in [0.25, 0.3) is 0 Å². The fourth-order valence-corrected chi connectivity index (χ4v) is 7.71. The van der Waals surface area contributed by atoms with Crippen LogP contribution < -0.4 is 19.9 Å². The van der Waals surface area contributed by atoms with Gasteiger partial charge < -0.3 is 29.7 Å². The standard InChI is InChI=1S/C45H43N5O5/c1-28-12-29(2)42(19-40(28)47-21-37-16-32-8-4-6-10-34(32)23-49(37)27-51)54-25-30-13-31(15-36(46)14-30)26-55-44-20-41-39(18-43(44)53-3)45(52)50-24-35-11-7-5-9-33(35)17-38(50)22-48-41/h4-15,18-22,27,37-38H,16-17,23-26,46H2,1-3H3. The zero-order chi connectivity index (χ0) is 38.1. The molecule has 0 fully saturated rings. The molecule has 3 aliphatic rings. The number of ether oxygens (including phenoxy) is 3. The Labute approximate surface area is 320 Å². The molecule has 10 heteroatoms. The van der Waals surface area contributed by atoms with Crippen LogP contribution in [0.15, 0.2) is 101 Å². The first kappa shape index (κ1) is 35.6. The van der Waals surface area contributed by atoms with Crippen molar-refractivity contribution >= 4 is 41.8 Å². The lowest BCUT2D eigenvalue weighted by molar-refractivity contribution is -0.119. The Kier molecular flexibility index (Phi) is 9.80. The molecule has 0 aliphatic carbocycles. The van der Waals surface area contributed by atoms with Crippen LogP contribution in [0, 0.1) is 13.8 Å². The molecule has 0 radical (unpaired) electrons. The number of nitrogens with zero attached hydrogens (tertiary/aromatic N) is 4. The molecule has 2 amide bonds. The number of methoxy groups -OCH3 is 1. The van der Waals surface area contributed by atoms with Crippen LogP contribution in [0.5, 0.6) is 17.2 Å². The number of fused-ring (bicyclic) bond motifs is 4. The second kappa shape index (κ2) is 15.1. The molecule has 5 aromatic rings. The van der Waals surface area contributed by atoms with E-state index >= 15 is 0 Å². The summed E-state index contributed by atoms with van der Waals surface area (Å²) in [5.41, 5.74) is 17.3. The first-order valence-corrected chi connectivity index (χ1v) is 18.5. The van der Waals surface area contributed by atoms with Crippen molar-refractivity contribution in [1.82, 2.24) is 9.80 Å². The number of aliphatic imine (C=N–C) groups is 2. The zero-order valence-corrected chi connectivity index (χ0v) is 31.2. The van der Waals surface area contributed by atoms with Crippen LogP contribution in [-0.2, 0) is 43.9 Å². The van der Waals surface area contributed by atoms with Gasteiger partial charge in [-0.25, -0.2) is 0 Å². The molecule has 0 saturated heterocycles. The number of aryl methyl sites for hydroxylation is 2. The summed E-state index contributed by atoms with van der Waals surface area (Å²) in [7, 11) is 1.56. The van der Waals surface area contributed by atoms with E-state index in [1.165, 1.54) is 16.7 Å². The van der Waals surface area contributed by atoms with E-state index in [1.807, 2.05) is 79.7 Å². The first-order valence-electron chi connectivity index (χ1n) is 18.5. The molecule has 10 nitrogen and oxygen atoms in total. The monoisotopic (exact) mass is 733 g/mol. The highest BCUT2D eigenvalue weighted by Gasteiger charge is 2.33. The molecule has 5 aromatic carbocycles. The summed E-state index contributed by atoms with van der Waals surface area (Å²) < 4.78 is 18.3. The minimum atomic E-state index is -0.132. The van der Waals surface area contributed by atoms with Crippen molar-refractivity contribution in [3.05, 3.63) is 141 Å². The topological polar surface area (TPSA) is 119 Å². The molecule has 278 valence electrons. The first-order chi connectivity index (χ1) is 26.8. The SMILES string of the molecule is COc1cc2c(cc1OCc1cc(N)cc(COc3cc(N=CC4Cc5ccccc5CN4C=O)c(C)cc3C)c1)N=CC1Cc3ccccc3CN1C2=O. The Bertz CT molecular complexity index is 2350. The average Bonchev–Trinajstić information content (AvgIpc) is 3.32. The Hall–Kier alpha value is -6.42. The highest BCUT2D eigenvalue weighted by atomic mass is 16.5. The molecule has 2 N–H and O–H groups in total. The second-order valence-corrected chi connectivity index (χ2v) is 14.4. The minimum Gasteiger partial charge on any atom is -0.493 e. The largest absolute Gasteiger partial charge is 0.493 e. The number of carbonyl (C=O) groups is 2. The lowest BCUT2D eigenvalue weighted by Gasteiger charge is -2.34. The van der Waals surface area contributed by atoms with Crippen molar-refractivity contribution in [2.75, 3.05) is 12.8 Å². The number of nitrogen functional groups attached to an aromatic ring is 1. The summed E-state index contributed by atoms with van der Waals surface area (Å²) in [6, 6.07) is 29.4. The van der Waals surface area contributed by atoms with E-state index in [1.54, 1.807) is 24.1 Å². The molecule has 3 aliphatic heterocycles. The van der Waals surface area contributed by atoms with Crippen LogP contribution in [0.2, 0.25) is 0 Å². The van der Waals surface area contributed by atoms with Gasteiger partial charge in [-0.3, -0.25) is 19.6 Å². The van der Waals surface area contributed by atoms with Gasteiger partial charge in [0.1, 0.15) is 19.0 Å². The van der Waals surface area contributed by atoms with Gasteiger partial charge in [-0.05, 0) is 95.5 Å². The molecule has 0 saturated carbocycles. The van der Waals surface area contributed by atoms with Crippen LogP contribution in [-0.4, -0.2) is 53.7 Å². The van der Waals surface area contributed by atoms with Gasteiger partial charge in [0.05, 0.1) is 36.1 Å². The predicted octanol–water partition coefficient (Wildman–Crippen LogP) is 7.62. The number of rotatable bonds is 10.